The van der Waals surface area contributed by atoms with Crippen LogP contribution in [-0.2, 0) is 42.2 Å². The highest BCUT2D eigenvalue weighted by Crippen LogP contribution is 2.43. The van der Waals surface area contributed by atoms with E-state index in [1.165, 1.54) is 199 Å². The average Bonchev–Trinajstić information content (AvgIpc) is 3.35. The highest BCUT2D eigenvalue weighted by molar-refractivity contribution is 7.47. The van der Waals surface area contributed by atoms with Gasteiger partial charge in [0.2, 0.25) is 0 Å². The molecule has 0 aliphatic heterocycles. The zero-order valence-electron chi connectivity index (χ0n) is 46.0. The van der Waals surface area contributed by atoms with Crippen LogP contribution in [0, 0.1) is 0 Å². The number of phosphoric ester groups is 1. The van der Waals surface area contributed by atoms with Gasteiger partial charge >= 0.3 is 25.7 Å². The summed E-state index contributed by atoms with van der Waals surface area (Å²) in [6, 6.07) is 0. The summed E-state index contributed by atoms with van der Waals surface area (Å²) in [6.07, 6.45) is 50.7. The van der Waals surface area contributed by atoms with Gasteiger partial charge in [-0.15, -0.1) is 0 Å². The van der Waals surface area contributed by atoms with Crippen LogP contribution < -0.4 is 0 Å². The zero-order chi connectivity index (χ0) is 51.3. The number of hydrogen-bond donors (Lipinski definition) is 2. The second-order valence-corrected chi connectivity index (χ2v) is 22.0. The fraction of sp³-hybridized carbons (Fsp3) is 0.948. The number of carbonyl (C=O) groups is 3. The van der Waals surface area contributed by atoms with Crippen molar-refractivity contribution in [3.05, 3.63) is 0 Å². The number of rotatable bonds is 57. The summed E-state index contributed by atoms with van der Waals surface area (Å²) in [6.45, 7) is 4.70. The Morgan fingerprint density at radius 1 is 0.343 bits per heavy atom. The van der Waals surface area contributed by atoms with Gasteiger partial charge in [-0.05, 0) is 19.3 Å². The maximum atomic E-state index is 12.9. The predicted octanol–water partition coefficient (Wildman–Crippen LogP) is 17.5. The highest BCUT2D eigenvalue weighted by atomic mass is 31.2. The predicted molar refractivity (Wildman–Crippen MR) is 289 cm³/mol. The SMILES string of the molecule is CCCCCCCCCCCCCCCCCCCCCC(=O)OC(COC(=O)CCCCCCCCCCC)COP(=O)(O)OCC(CO)OC(=O)CCCCCCCCCCCCCCCCC. The Hall–Kier alpha value is -1.52. The van der Waals surface area contributed by atoms with Gasteiger partial charge in [-0.3, -0.25) is 23.4 Å². The quantitative estimate of drug-likeness (QED) is 0.0259. The fourth-order valence-electron chi connectivity index (χ4n) is 8.95. The minimum atomic E-state index is -4.73. The Kier molecular flexibility index (Phi) is 52.6. The molecule has 0 saturated carbocycles. The monoisotopic (exact) mass is 1020 g/mol. The molecule has 0 fully saturated rings. The van der Waals surface area contributed by atoms with Crippen molar-refractivity contribution in [3.63, 3.8) is 0 Å². The van der Waals surface area contributed by atoms with Crippen LogP contribution in [0.5, 0.6) is 0 Å². The Balaban J connectivity index is 4.55. The van der Waals surface area contributed by atoms with E-state index in [0.717, 1.165) is 57.8 Å². The van der Waals surface area contributed by atoms with Gasteiger partial charge in [0.1, 0.15) is 12.7 Å². The second kappa shape index (κ2) is 53.8. The van der Waals surface area contributed by atoms with Crippen molar-refractivity contribution < 1.29 is 52.2 Å². The van der Waals surface area contributed by atoms with Crippen molar-refractivity contribution in [1.82, 2.24) is 0 Å². The number of ether oxygens (including phenoxy) is 3. The van der Waals surface area contributed by atoms with Crippen LogP contribution in [0.1, 0.15) is 316 Å². The zero-order valence-corrected chi connectivity index (χ0v) is 46.9. The summed E-state index contributed by atoms with van der Waals surface area (Å²) in [5.41, 5.74) is 0. The number of hydrogen-bond acceptors (Lipinski definition) is 10. The van der Waals surface area contributed by atoms with E-state index in [-0.39, 0.29) is 25.9 Å². The van der Waals surface area contributed by atoms with Gasteiger partial charge < -0.3 is 24.2 Å². The van der Waals surface area contributed by atoms with E-state index in [9.17, 15) is 28.9 Å². The van der Waals surface area contributed by atoms with Gasteiger partial charge in [0.15, 0.2) is 6.10 Å². The van der Waals surface area contributed by atoms with Gasteiger partial charge in [0.25, 0.3) is 0 Å². The third-order valence-corrected chi connectivity index (χ3v) is 14.5. The lowest BCUT2D eigenvalue weighted by molar-refractivity contribution is -0.161. The minimum Gasteiger partial charge on any atom is -0.462 e. The lowest BCUT2D eigenvalue weighted by Crippen LogP contribution is -2.30. The summed E-state index contributed by atoms with van der Waals surface area (Å²) < 4.78 is 39.5. The third-order valence-electron chi connectivity index (χ3n) is 13.5. The first-order chi connectivity index (χ1) is 34.2. The van der Waals surface area contributed by atoms with Crippen molar-refractivity contribution in [3.8, 4) is 0 Å². The van der Waals surface area contributed by atoms with Crippen LogP contribution in [-0.4, -0.2) is 66.5 Å². The van der Waals surface area contributed by atoms with E-state index in [2.05, 4.69) is 20.8 Å². The molecule has 0 bridgehead atoms. The van der Waals surface area contributed by atoms with Gasteiger partial charge in [-0.2, -0.15) is 0 Å². The van der Waals surface area contributed by atoms with Crippen molar-refractivity contribution in [1.29, 1.82) is 0 Å². The number of aliphatic hydroxyl groups excluding tert-OH is 1. The van der Waals surface area contributed by atoms with E-state index < -0.39 is 57.8 Å². The van der Waals surface area contributed by atoms with Crippen LogP contribution >= 0.6 is 7.82 Å². The molecule has 0 aliphatic rings. The number of phosphoric acid groups is 1. The molecule has 0 saturated heterocycles. The molecule has 0 aromatic carbocycles. The highest BCUT2D eigenvalue weighted by Gasteiger charge is 2.28. The molecule has 0 aromatic heterocycles. The van der Waals surface area contributed by atoms with E-state index in [1.54, 1.807) is 0 Å². The van der Waals surface area contributed by atoms with E-state index >= 15 is 0 Å². The topological polar surface area (TPSA) is 155 Å². The summed E-state index contributed by atoms with van der Waals surface area (Å²) in [5.74, 6) is -1.43. The first-order valence-electron chi connectivity index (χ1n) is 29.9. The normalized spacial score (nSPS) is 13.3. The Morgan fingerprint density at radius 3 is 0.843 bits per heavy atom. The van der Waals surface area contributed by atoms with E-state index in [1.807, 2.05) is 0 Å². The summed E-state index contributed by atoms with van der Waals surface area (Å²) in [4.78, 5) is 48.4. The Morgan fingerprint density at radius 2 is 0.571 bits per heavy atom. The van der Waals surface area contributed by atoms with Crippen LogP contribution in [0.25, 0.3) is 0 Å². The van der Waals surface area contributed by atoms with Crippen LogP contribution in [0.15, 0.2) is 0 Å². The van der Waals surface area contributed by atoms with Gasteiger partial charge in [0, 0.05) is 19.3 Å². The van der Waals surface area contributed by atoms with Gasteiger partial charge in [-0.25, -0.2) is 4.57 Å². The first-order valence-corrected chi connectivity index (χ1v) is 31.4. The summed E-state index contributed by atoms with van der Waals surface area (Å²) >= 11 is 0. The number of unbranched alkanes of at least 4 members (excludes halogenated alkanes) is 40. The lowest BCUT2D eigenvalue weighted by atomic mass is 10.0. The molecule has 0 spiro atoms. The molecule has 0 radical (unpaired) electrons. The summed E-state index contributed by atoms with van der Waals surface area (Å²) in [5, 5.41) is 9.81. The van der Waals surface area contributed by atoms with Gasteiger partial charge in [0.05, 0.1) is 19.8 Å². The molecule has 0 aliphatic carbocycles. The molecule has 12 heteroatoms. The Labute approximate surface area is 431 Å². The molecule has 416 valence electrons. The molecule has 2 N–H and O–H groups in total. The van der Waals surface area contributed by atoms with Crippen LogP contribution in [0.2, 0.25) is 0 Å². The van der Waals surface area contributed by atoms with Crippen molar-refractivity contribution in [2.24, 2.45) is 0 Å². The molecule has 70 heavy (non-hydrogen) atoms. The molecule has 3 atom stereocenters. The van der Waals surface area contributed by atoms with Crippen LogP contribution in [0.3, 0.4) is 0 Å². The molecule has 0 rings (SSSR count). The summed E-state index contributed by atoms with van der Waals surface area (Å²) in [7, 11) is -4.73. The molecule has 0 heterocycles. The molecule has 0 aromatic rings. The molecule has 0 amide bonds. The first kappa shape index (κ1) is 68.5. The van der Waals surface area contributed by atoms with E-state index in [0.29, 0.717) is 19.3 Å². The molecular formula is C58H113O11P. The number of aliphatic hydroxyl groups is 1. The van der Waals surface area contributed by atoms with Crippen molar-refractivity contribution >= 4 is 25.7 Å². The van der Waals surface area contributed by atoms with E-state index in [4.69, 9.17) is 23.3 Å². The van der Waals surface area contributed by atoms with Crippen LogP contribution in [0.4, 0.5) is 0 Å². The average molecular weight is 1020 g/mol. The minimum absolute atomic E-state index is 0.179. The second-order valence-electron chi connectivity index (χ2n) is 20.5. The Bertz CT molecular complexity index is 1190. The standard InChI is InChI=1S/C58H113O11P/c1-4-7-10-13-16-19-21-23-25-26-27-28-30-32-34-37-40-43-46-49-58(62)69-55(51-65-56(60)47-44-41-38-35-18-15-12-9-6-3)53-67-70(63,64)66-52-54(50-59)68-57(61)48-45-42-39-36-33-31-29-24-22-20-17-14-11-8-5-2/h54-55,59H,4-53H2,1-3H3,(H,63,64). The molecule has 3 unspecified atom stereocenters. The molecular weight excluding hydrogens is 904 g/mol. The number of carbonyl (C=O) groups excluding carboxylic acids is 3. The molecule has 11 nitrogen and oxygen atoms in total. The maximum Gasteiger partial charge on any atom is 0.472 e. The van der Waals surface area contributed by atoms with Gasteiger partial charge in [-0.1, -0.05) is 278 Å². The largest absolute Gasteiger partial charge is 0.472 e. The fourth-order valence-corrected chi connectivity index (χ4v) is 9.73. The maximum absolute atomic E-state index is 12.9. The van der Waals surface area contributed by atoms with Crippen molar-refractivity contribution in [2.75, 3.05) is 26.4 Å². The number of esters is 3. The third kappa shape index (κ3) is 51.4. The lowest BCUT2D eigenvalue weighted by Gasteiger charge is -2.21. The smallest absolute Gasteiger partial charge is 0.462 e. The van der Waals surface area contributed by atoms with Crippen molar-refractivity contribution in [2.45, 2.75) is 328 Å².